The highest BCUT2D eigenvalue weighted by Crippen LogP contribution is 2.39. The van der Waals surface area contributed by atoms with Crippen molar-refractivity contribution in [2.45, 2.75) is 48.4 Å². The van der Waals surface area contributed by atoms with E-state index in [4.69, 9.17) is 0 Å². The number of fused-ring (bicyclic) bond motifs is 1. The highest BCUT2D eigenvalue weighted by Gasteiger charge is 2.28. The SMILES string of the molecule is Cc1sc(SCCCCC(F)(F)F)c2c(NS(=O)(=O)c3ccc(Br)cc3)nc(=O)n-2c1C. The summed E-state index contributed by atoms with van der Waals surface area (Å²) in [6.45, 7) is 3.55. The number of anilines is 1. The summed E-state index contributed by atoms with van der Waals surface area (Å²) < 4.78 is 67.8. The quantitative estimate of drug-likeness (QED) is 0.276. The van der Waals surface area contributed by atoms with Gasteiger partial charge >= 0.3 is 11.9 Å². The van der Waals surface area contributed by atoms with Crippen LogP contribution in [-0.4, -0.2) is 29.9 Å². The number of aryl methyl sites for hydroxylation is 1. The van der Waals surface area contributed by atoms with Crippen LogP contribution in [0.5, 0.6) is 0 Å². The van der Waals surface area contributed by atoms with Gasteiger partial charge in [0.05, 0.1) is 9.10 Å². The maximum atomic E-state index is 12.8. The van der Waals surface area contributed by atoms with Crippen LogP contribution in [0.25, 0.3) is 5.69 Å². The predicted molar refractivity (Wildman–Crippen MR) is 124 cm³/mol. The van der Waals surface area contributed by atoms with Crippen molar-refractivity contribution in [1.82, 2.24) is 9.55 Å². The smallest absolute Gasteiger partial charge is 0.261 e. The highest BCUT2D eigenvalue weighted by atomic mass is 79.9. The summed E-state index contributed by atoms with van der Waals surface area (Å²) in [7, 11) is -4.01. The number of alkyl halides is 3. The Morgan fingerprint density at radius 3 is 2.47 bits per heavy atom. The third-order valence-corrected chi connectivity index (χ3v) is 8.99. The van der Waals surface area contributed by atoms with Gasteiger partial charge in [0.25, 0.3) is 10.0 Å². The predicted octanol–water partition coefficient (Wildman–Crippen LogP) is 5.74. The molecule has 0 radical (unpaired) electrons. The number of unbranched alkanes of at least 4 members (excludes halogenated alkanes) is 1. The molecular weight excluding hydrogens is 551 g/mol. The molecule has 1 aromatic carbocycles. The van der Waals surface area contributed by atoms with Crippen molar-refractivity contribution >= 4 is 54.9 Å². The van der Waals surface area contributed by atoms with Gasteiger partial charge in [-0.05, 0) is 56.7 Å². The topological polar surface area (TPSA) is 81.1 Å². The molecule has 3 rings (SSSR count). The number of aromatic nitrogens is 2. The van der Waals surface area contributed by atoms with Gasteiger partial charge in [-0.25, -0.2) is 13.2 Å². The van der Waals surface area contributed by atoms with Gasteiger partial charge in [-0.2, -0.15) is 18.2 Å². The Morgan fingerprint density at radius 2 is 1.84 bits per heavy atom. The second kappa shape index (κ2) is 9.74. The van der Waals surface area contributed by atoms with Gasteiger partial charge in [-0.15, -0.1) is 23.1 Å². The summed E-state index contributed by atoms with van der Waals surface area (Å²) in [5, 5.41) is 0. The lowest BCUT2D eigenvalue weighted by molar-refractivity contribution is -0.135. The van der Waals surface area contributed by atoms with Gasteiger partial charge in [-0.1, -0.05) is 15.9 Å². The molecule has 0 atom stereocenters. The fourth-order valence-electron chi connectivity index (χ4n) is 2.88. The Labute approximate surface area is 199 Å². The molecule has 0 aromatic heterocycles. The van der Waals surface area contributed by atoms with E-state index in [9.17, 15) is 26.4 Å². The lowest BCUT2D eigenvalue weighted by Crippen LogP contribution is -2.17. The molecular formula is C19H19BrF3N3O3S3. The average Bonchev–Trinajstić information content (AvgIpc) is 3.00. The number of rotatable bonds is 8. The molecule has 32 heavy (non-hydrogen) atoms. The number of imidazole rings is 1. The maximum absolute atomic E-state index is 12.8. The third-order valence-electron chi connectivity index (χ3n) is 4.57. The van der Waals surface area contributed by atoms with Gasteiger partial charge in [0.15, 0.2) is 5.82 Å². The van der Waals surface area contributed by atoms with E-state index in [0.717, 1.165) is 4.88 Å². The van der Waals surface area contributed by atoms with E-state index < -0.39 is 28.3 Å². The average molecular weight is 570 g/mol. The zero-order valence-corrected chi connectivity index (χ0v) is 21.0. The molecule has 174 valence electrons. The van der Waals surface area contributed by atoms with Crippen LogP contribution in [0.15, 0.2) is 42.6 Å². The molecule has 1 N–H and O–H groups in total. The minimum atomic E-state index is -4.19. The second-order valence-electron chi connectivity index (χ2n) is 6.94. The Kier molecular flexibility index (Phi) is 7.62. The van der Waals surface area contributed by atoms with Crippen LogP contribution in [0.4, 0.5) is 19.0 Å². The molecule has 13 heteroatoms. The molecule has 0 fully saturated rings. The maximum Gasteiger partial charge on any atom is 0.389 e. The molecule has 0 saturated heterocycles. The largest absolute Gasteiger partial charge is 0.389 e. The van der Waals surface area contributed by atoms with Crippen molar-refractivity contribution in [3.8, 4) is 5.69 Å². The standard InChI is InChI=1S/C19H19BrF3N3O3S3/c1-11-12(2)31-17(30-10-4-3-9-19(21,22)23)15-16(24-18(27)26(11)15)25-32(28,29)14-7-5-13(20)6-8-14/h5-8H,3-4,9-10H2,1-2H3,(H,24,25,27). The van der Waals surface area contributed by atoms with E-state index in [1.807, 2.05) is 6.92 Å². The first-order valence-electron chi connectivity index (χ1n) is 9.40. The first kappa shape index (κ1) is 25.1. The summed E-state index contributed by atoms with van der Waals surface area (Å²) in [4.78, 5) is 17.3. The van der Waals surface area contributed by atoms with Crippen LogP contribution in [0.1, 0.15) is 29.8 Å². The Bertz CT molecular complexity index is 1240. The first-order valence-corrected chi connectivity index (χ1v) is 13.5. The molecule has 2 aliphatic rings. The van der Waals surface area contributed by atoms with Crippen LogP contribution >= 0.6 is 39.0 Å². The molecule has 1 aromatic rings. The van der Waals surface area contributed by atoms with Gasteiger partial charge in [-0.3, -0.25) is 9.29 Å². The monoisotopic (exact) mass is 569 g/mol. The first-order chi connectivity index (χ1) is 14.9. The van der Waals surface area contributed by atoms with Gasteiger partial charge in [0, 0.05) is 21.5 Å². The molecule has 2 aliphatic heterocycles. The molecule has 0 bridgehead atoms. The van der Waals surface area contributed by atoms with E-state index in [1.165, 1.54) is 39.8 Å². The lowest BCUT2D eigenvalue weighted by atomic mass is 10.2. The summed E-state index contributed by atoms with van der Waals surface area (Å²) in [5.41, 5.74) is 0.309. The van der Waals surface area contributed by atoms with E-state index in [-0.39, 0.29) is 17.1 Å². The summed E-state index contributed by atoms with van der Waals surface area (Å²) in [6, 6.07) is 5.99. The highest BCUT2D eigenvalue weighted by molar-refractivity contribution is 9.10. The summed E-state index contributed by atoms with van der Waals surface area (Å²) in [6.07, 6.45) is -4.72. The number of nitrogens with one attached hydrogen (secondary N) is 1. The summed E-state index contributed by atoms with van der Waals surface area (Å²) >= 11 is 5.88. The summed E-state index contributed by atoms with van der Waals surface area (Å²) in [5.74, 6) is 0.290. The zero-order chi connectivity index (χ0) is 23.7. The lowest BCUT2D eigenvalue weighted by Gasteiger charge is -2.16. The molecule has 0 saturated carbocycles. The number of hydrogen-bond donors (Lipinski definition) is 1. The van der Waals surface area contributed by atoms with Crippen LogP contribution in [0.3, 0.4) is 0 Å². The van der Waals surface area contributed by atoms with Crippen molar-refractivity contribution in [1.29, 1.82) is 0 Å². The number of nitrogens with zero attached hydrogens (tertiary/aromatic N) is 2. The second-order valence-corrected chi connectivity index (χ2v) is 12.1. The minimum Gasteiger partial charge on any atom is -0.261 e. The molecule has 0 unspecified atom stereocenters. The van der Waals surface area contributed by atoms with E-state index in [2.05, 4.69) is 25.6 Å². The fourth-order valence-corrected chi connectivity index (χ4v) is 6.67. The molecule has 0 spiro atoms. The third kappa shape index (κ3) is 5.86. The van der Waals surface area contributed by atoms with Gasteiger partial charge in [0.2, 0.25) is 0 Å². The number of hydrogen-bond acceptors (Lipinski definition) is 6. The van der Waals surface area contributed by atoms with E-state index in [0.29, 0.717) is 32.2 Å². The Hall–Kier alpha value is -1.57. The van der Waals surface area contributed by atoms with E-state index >= 15 is 0 Å². The number of thioether (sulfide) groups is 1. The number of benzene rings is 1. The normalized spacial score (nSPS) is 12.4. The number of halogens is 4. The van der Waals surface area contributed by atoms with Crippen molar-refractivity contribution in [2.75, 3.05) is 10.5 Å². The fraction of sp³-hybridized carbons (Fsp3) is 0.368. The van der Waals surface area contributed by atoms with Crippen molar-refractivity contribution < 1.29 is 21.6 Å². The zero-order valence-electron chi connectivity index (χ0n) is 17.0. The molecule has 0 amide bonds. The van der Waals surface area contributed by atoms with Crippen molar-refractivity contribution in [2.24, 2.45) is 0 Å². The van der Waals surface area contributed by atoms with Crippen LogP contribution < -0.4 is 10.4 Å². The Morgan fingerprint density at radius 1 is 1.19 bits per heavy atom. The molecule has 0 aliphatic carbocycles. The van der Waals surface area contributed by atoms with Gasteiger partial charge in [0.1, 0.15) is 5.69 Å². The number of sulfonamides is 1. The van der Waals surface area contributed by atoms with Crippen LogP contribution in [-0.2, 0) is 10.0 Å². The Balaban J connectivity index is 1.92. The van der Waals surface area contributed by atoms with Crippen LogP contribution in [0.2, 0.25) is 0 Å². The molecule has 6 nitrogen and oxygen atoms in total. The van der Waals surface area contributed by atoms with Crippen LogP contribution in [0, 0.1) is 13.8 Å². The van der Waals surface area contributed by atoms with Crippen molar-refractivity contribution in [3.05, 3.63) is 49.8 Å². The molecule has 2 heterocycles. The van der Waals surface area contributed by atoms with Crippen molar-refractivity contribution in [3.63, 3.8) is 0 Å². The van der Waals surface area contributed by atoms with Gasteiger partial charge < -0.3 is 0 Å². The minimum absolute atomic E-state index is 0.00256. The van der Waals surface area contributed by atoms with E-state index in [1.54, 1.807) is 19.1 Å².